The molecule has 5 heteroatoms. The number of hydrogen-bond acceptors (Lipinski definition) is 2. The highest BCUT2D eigenvalue weighted by Crippen LogP contribution is 2.35. The molecule has 20 heavy (non-hydrogen) atoms. The maximum absolute atomic E-state index is 10.6. The molecule has 0 amide bonds. The van der Waals surface area contributed by atoms with Crippen molar-refractivity contribution in [3.05, 3.63) is 68.1 Å². The van der Waals surface area contributed by atoms with Gasteiger partial charge in [0.2, 0.25) is 0 Å². The van der Waals surface area contributed by atoms with Crippen molar-refractivity contribution in [2.75, 3.05) is 6.54 Å². The average molecular weight is 375 g/mol. The smallest absolute Gasteiger partial charge is 0.0885 e. The Morgan fingerprint density at radius 1 is 1.15 bits per heavy atom. The fourth-order valence-electron chi connectivity index (χ4n) is 2.14. The maximum Gasteiger partial charge on any atom is 0.0885 e. The minimum absolute atomic E-state index is 0.230. The molecule has 0 aromatic heterocycles. The zero-order valence-corrected chi connectivity index (χ0v) is 13.7. The standard InChI is InChI=1S/C15H14BrCl2NO/c16-10-3-1-2-9(6-10)13(8-19)15(20)12-5-4-11(17)7-14(12)18/h1-7,13,15,20H,8,19H2. The predicted octanol–water partition coefficient (Wildman–Crippen LogP) is 4.53. The number of hydrogen-bond donors (Lipinski definition) is 2. The van der Waals surface area contributed by atoms with Crippen LogP contribution < -0.4 is 5.73 Å². The van der Waals surface area contributed by atoms with Crippen LogP contribution in [-0.2, 0) is 0 Å². The van der Waals surface area contributed by atoms with Gasteiger partial charge in [-0.05, 0) is 35.4 Å². The maximum atomic E-state index is 10.6. The lowest BCUT2D eigenvalue weighted by molar-refractivity contribution is 0.147. The van der Waals surface area contributed by atoms with Gasteiger partial charge in [0.05, 0.1) is 6.10 Å². The molecule has 0 saturated heterocycles. The van der Waals surface area contributed by atoms with Crippen molar-refractivity contribution in [1.29, 1.82) is 0 Å². The first-order valence-electron chi connectivity index (χ1n) is 6.11. The molecule has 0 aliphatic rings. The van der Waals surface area contributed by atoms with Crippen molar-refractivity contribution in [2.24, 2.45) is 5.73 Å². The zero-order valence-electron chi connectivity index (χ0n) is 10.6. The molecule has 2 aromatic rings. The van der Waals surface area contributed by atoms with E-state index in [0.717, 1.165) is 10.0 Å². The van der Waals surface area contributed by atoms with Crippen LogP contribution in [0.1, 0.15) is 23.1 Å². The van der Waals surface area contributed by atoms with Crippen molar-refractivity contribution >= 4 is 39.1 Å². The minimum atomic E-state index is -0.779. The van der Waals surface area contributed by atoms with E-state index >= 15 is 0 Å². The number of nitrogens with two attached hydrogens (primary N) is 1. The number of rotatable bonds is 4. The summed E-state index contributed by atoms with van der Waals surface area (Å²) in [6, 6.07) is 12.8. The first-order chi connectivity index (χ1) is 9.52. The van der Waals surface area contributed by atoms with E-state index in [1.165, 1.54) is 0 Å². The van der Waals surface area contributed by atoms with Crippen LogP contribution in [0.15, 0.2) is 46.9 Å². The zero-order chi connectivity index (χ0) is 14.7. The Labute approximate surface area is 136 Å². The van der Waals surface area contributed by atoms with Gasteiger partial charge >= 0.3 is 0 Å². The molecular weight excluding hydrogens is 361 g/mol. The predicted molar refractivity (Wildman–Crippen MR) is 87.4 cm³/mol. The van der Waals surface area contributed by atoms with E-state index in [1.54, 1.807) is 18.2 Å². The first kappa shape index (κ1) is 15.8. The lowest BCUT2D eigenvalue weighted by atomic mass is 9.89. The second-order valence-corrected chi connectivity index (χ2v) is 6.27. The molecule has 2 aromatic carbocycles. The van der Waals surface area contributed by atoms with Gasteiger partial charge in [-0.3, -0.25) is 0 Å². The van der Waals surface area contributed by atoms with Gasteiger partial charge in [0.1, 0.15) is 0 Å². The van der Waals surface area contributed by atoms with Crippen LogP contribution in [0.5, 0.6) is 0 Å². The van der Waals surface area contributed by atoms with Crippen molar-refractivity contribution in [2.45, 2.75) is 12.0 Å². The average Bonchev–Trinajstić information content (AvgIpc) is 2.39. The van der Waals surface area contributed by atoms with Crippen LogP contribution in [0.25, 0.3) is 0 Å². The topological polar surface area (TPSA) is 46.2 Å². The van der Waals surface area contributed by atoms with E-state index < -0.39 is 6.10 Å². The monoisotopic (exact) mass is 373 g/mol. The Morgan fingerprint density at radius 2 is 1.90 bits per heavy atom. The summed E-state index contributed by atoms with van der Waals surface area (Å²) in [7, 11) is 0. The second kappa shape index (κ2) is 6.92. The van der Waals surface area contributed by atoms with E-state index in [-0.39, 0.29) is 5.92 Å². The molecule has 0 spiro atoms. The Hall–Kier alpha value is -0.580. The summed E-state index contributed by atoms with van der Waals surface area (Å²) in [5.74, 6) is -0.230. The van der Waals surface area contributed by atoms with Crippen LogP contribution in [0.3, 0.4) is 0 Å². The molecule has 2 nitrogen and oxygen atoms in total. The Morgan fingerprint density at radius 3 is 2.50 bits per heavy atom. The third kappa shape index (κ3) is 3.54. The molecule has 3 N–H and O–H groups in total. The molecule has 106 valence electrons. The molecule has 0 aliphatic carbocycles. The summed E-state index contributed by atoms with van der Waals surface area (Å²) >= 11 is 15.4. The molecule has 0 radical (unpaired) electrons. The first-order valence-corrected chi connectivity index (χ1v) is 7.66. The Kier molecular flexibility index (Phi) is 5.47. The molecule has 0 saturated carbocycles. The van der Waals surface area contributed by atoms with E-state index in [1.807, 2.05) is 24.3 Å². The van der Waals surface area contributed by atoms with Crippen LogP contribution >= 0.6 is 39.1 Å². The van der Waals surface area contributed by atoms with E-state index in [4.69, 9.17) is 28.9 Å². The molecule has 2 unspecified atom stereocenters. The minimum Gasteiger partial charge on any atom is -0.388 e. The lowest BCUT2D eigenvalue weighted by Crippen LogP contribution is -2.20. The summed E-state index contributed by atoms with van der Waals surface area (Å²) in [6.07, 6.45) is -0.779. The van der Waals surface area contributed by atoms with Gasteiger partial charge in [-0.1, -0.05) is 57.3 Å². The van der Waals surface area contributed by atoms with Crippen LogP contribution in [0, 0.1) is 0 Å². The van der Waals surface area contributed by atoms with Gasteiger partial charge < -0.3 is 10.8 Å². The Bertz CT molecular complexity index is 606. The number of halogens is 3. The summed E-state index contributed by atoms with van der Waals surface area (Å²) in [5.41, 5.74) is 7.42. The van der Waals surface area contributed by atoms with Crippen molar-refractivity contribution in [3.8, 4) is 0 Å². The highest BCUT2D eigenvalue weighted by atomic mass is 79.9. The fourth-order valence-corrected chi connectivity index (χ4v) is 3.08. The lowest BCUT2D eigenvalue weighted by Gasteiger charge is -2.23. The summed E-state index contributed by atoms with van der Waals surface area (Å²) in [4.78, 5) is 0. The van der Waals surface area contributed by atoms with Gasteiger partial charge in [0.15, 0.2) is 0 Å². The van der Waals surface area contributed by atoms with E-state index in [9.17, 15) is 5.11 Å². The van der Waals surface area contributed by atoms with Crippen LogP contribution in [0.2, 0.25) is 10.0 Å². The normalized spacial score (nSPS) is 14.1. The Balaban J connectivity index is 2.36. The summed E-state index contributed by atoms with van der Waals surface area (Å²) in [5, 5.41) is 11.6. The molecule has 0 heterocycles. The number of aliphatic hydroxyl groups is 1. The third-order valence-electron chi connectivity index (χ3n) is 3.19. The van der Waals surface area contributed by atoms with Gasteiger partial charge in [-0.15, -0.1) is 0 Å². The molecular formula is C15H14BrCl2NO. The molecule has 2 rings (SSSR count). The molecule has 0 fully saturated rings. The summed E-state index contributed by atoms with van der Waals surface area (Å²) in [6.45, 7) is 0.316. The van der Waals surface area contributed by atoms with Crippen LogP contribution in [-0.4, -0.2) is 11.7 Å². The quantitative estimate of drug-likeness (QED) is 0.825. The van der Waals surface area contributed by atoms with E-state index in [2.05, 4.69) is 15.9 Å². The summed E-state index contributed by atoms with van der Waals surface area (Å²) < 4.78 is 0.947. The van der Waals surface area contributed by atoms with Crippen LogP contribution in [0.4, 0.5) is 0 Å². The SMILES string of the molecule is NCC(c1cccc(Br)c1)C(O)c1ccc(Cl)cc1Cl. The van der Waals surface area contributed by atoms with Gasteiger partial charge in [-0.25, -0.2) is 0 Å². The molecule has 2 atom stereocenters. The van der Waals surface area contributed by atoms with Gasteiger partial charge in [0.25, 0.3) is 0 Å². The van der Waals surface area contributed by atoms with E-state index in [0.29, 0.717) is 22.2 Å². The molecule has 0 aliphatic heterocycles. The number of aliphatic hydroxyl groups excluding tert-OH is 1. The highest BCUT2D eigenvalue weighted by molar-refractivity contribution is 9.10. The largest absolute Gasteiger partial charge is 0.388 e. The third-order valence-corrected chi connectivity index (χ3v) is 4.25. The van der Waals surface area contributed by atoms with Gasteiger partial charge in [0, 0.05) is 27.0 Å². The molecule has 0 bridgehead atoms. The highest BCUT2D eigenvalue weighted by Gasteiger charge is 2.23. The van der Waals surface area contributed by atoms with Crippen molar-refractivity contribution in [3.63, 3.8) is 0 Å². The second-order valence-electron chi connectivity index (χ2n) is 4.51. The fraction of sp³-hybridized carbons (Fsp3) is 0.200. The van der Waals surface area contributed by atoms with Crippen molar-refractivity contribution in [1.82, 2.24) is 0 Å². The van der Waals surface area contributed by atoms with Crippen molar-refractivity contribution < 1.29 is 5.11 Å². The van der Waals surface area contributed by atoms with Gasteiger partial charge in [-0.2, -0.15) is 0 Å². The number of benzene rings is 2.